The molecular formula is C15H22N2O2. The van der Waals surface area contributed by atoms with E-state index < -0.39 is 5.54 Å². The van der Waals surface area contributed by atoms with Gasteiger partial charge in [-0.15, -0.1) is 0 Å². The molecule has 19 heavy (non-hydrogen) atoms. The Hall–Kier alpha value is -1.39. The van der Waals surface area contributed by atoms with E-state index >= 15 is 0 Å². The average Bonchev–Trinajstić information content (AvgIpc) is 2.37. The van der Waals surface area contributed by atoms with E-state index in [1.165, 1.54) is 0 Å². The zero-order valence-corrected chi connectivity index (χ0v) is 11.8. The standard InChI is InChI=1S/C15H22N2O2/c1-14(2)11-17(9-10-19-14)13(18)15(3,16)12-7-5-4-6-8-12/h4-8H,9-11,16H2,1-3H3/t15-/m0/s1. The topological polar surface area (TPSA) is 55.6 Å². The highest BCUT2D eigenvalue weighted by Gasteiger charge is 2.38. The molecule has 1 saturated heterocycles. The fourth-order valence-electron chi connectivity index (χ4n) is 2.43. The number of carbonyl (C=O) groups excluding carboxylic acids is 1. The Morgan fingerprint density at radius 3 is 2.58 bits per heavy atom. The Labute approximate surface area is 114 Å². The fourth-order valence-corrected chi connectivity index (χ4v) is 2.43. The van der Waals surface area contributed by atoms with Gasteiger partial charge in [-0.2, -0.15) is 0 Å². The van der Waals surface area contributed by atoms with Crippen LogP contribution in [-0.2, 0) is 15.1 Å². The fraction of sp³-hybridized carbons (Fsp3) is 0.533. The normalized spacial score (nSPS) is 21.8. The number of amides is 1. The lowest BCUT2D eigenvalue weighted by molar-refractivity contribution is -0.151. The molecule has 1 heterocycles. The van der Waals surface area contributed by atoms with Crippen LogP contribution in [0.5, 0.6) is 0 Å². The van der Waals surface area contributed by atoms with Gasteiger partial charge >= 0.3 is 0 Å². The Kier molecular flexibility index (Phi) is 3.65. The predicted molar refractivity (Wildman–Crippen MR) is 74.6 cm³/mol. The van der Waals surface area contributed by atoms with Crippen LogP contribution in [0.1, 0.15) is 26.3 Å². The molecule has 0 unspecified atom stereocenters. The Bertz CT molecular complexity index is 454. The van der Waals surface area contributed by atoms with Crippen molar-refractivity contribution in [2.75, 3.05) is 19.7 Å². The number of morpholine rings is 1. The van der Waals surface area contributed by atoms with Crippen LogP contribution in [0, 0.1) is 0 Å². The van der Waals surface area contributed by atoms with Crippen LogP contribution in [0.15, 0.2) is 30.3 Å². The first-order valence-electron chi connectivity index (χ1n) is 6.61. The van der Waals surface area contributed by atoms with Crippen molar-refractivity contribution in [3.05, 3.63) is 35.9 Å². The highest BCUT2D eigenvalue weighted by atomic mass is 16.5. The summed E-state index contributed by atoms with van der Waals surface area (Å²) in [7, 11) is 0. The van der Waals surface area contributed by atoms with Gasteiger partial charge in [0, 0.05) is 13.1 Å². The Balaban J connectivity index is 2.19. The van der Waals surface area contributed by atoms with Crippen LogP contribution in [0.2, 0.25) is 0 Å². The Morgan fingerprint density at radius 2 is 2.00 bits per heavy atom. The van der Waals surface area contributed by atoms with Gasteiger partial charge in [-0.25, -0.2) is 0 Å². The number of benzene rings is 1. The first-order chi connectivity index (χ1) is 8.83. The lowest BCUT2D eigenvalue weighted by Gasteiger charge is -2.41. The van der Waals surface area contributed by atoms with Crippen LogP contribution >= 0.6 is 0 Å². The van der Waals surface area contributed by atoms with Gasteiger partial charge in [0.1, 0.15) is 5.54 Å². The highest BCUT2D eigenvalue weighted by Crippen LogP contribution is 2.24. The Morgan fingerprint density at radius 1 is 1.37 bits per heavy atom. The maximum atomic E-state index is 12.7. The second-order valence-corrected chi connectivity index (χ2v) is 5.90. The lowest BCUT2D eigenvalue weighted by atomic mass is 9.91. The van der Waals surface area contributed by atoms with Gasteiger partial charge in [-0.3, -0.25) is 4.79 Å². The minimum Gasteiger partial charge on any atom is -0.372 e. The zero-order chi connectivity index (χ0) is 14.1. The van der Waals surface area contributed by atoms with Crippen molar-refractivity contribution < 1.29 is 9.53 Å². The maximum absolute atomic E-state index is 12.7. The van der Waals surface area contributed by atoms with Crippen molar-refractivity contribution in [2.24, 2.45) is 5.73 Å². The summed E-state index contributed by atoms with van der Waals surface area (Å²) in [5, 5.41) is 0. The van der Waals surface area contributed by atoms with Crippen molar-refractivity contribution in [3.8, 4) is 0 Å². The molecule has 2 N–H and O–H groups in total. The monoisotopic (exact) mass is 262 g/mol. The molecular weight excluding hydrogens is 240 g/mol. The number of hydrogen-bond acceptors (Lipinski definition) is 3. The quantitative estimate of drug-likeness (QED) is 0.878. The summed E-state index contributed by atoms with van der Waals surface area (Å²) in [5.41, 5.74) is 5.81. The van der Waals surface area contributed by atoms with E-state index in [-0.39, 0.29) is 11.5 Å². The van der Waals surface area contributed by atoms with E-state index in [2.05, 4.69) is 0 Å². The van der Waals surface area contributed by atoms with E-state index in [1.807, 2.05) is 44.2 Å². The molecule has 1 amide bonds. The van der Waals surface area contributed by atoms with Crippen molar-refractivity contribution in [3.63, 3.8) is 0 Å². The summed E-state index contributed by atoms with van der Waals surface area (Å²) in [5.74, 6) is -0.0462. The summed E-state index contributed by atoms with van der Waals surface area (Å²) in [6.45, 7) is 7.48. The molecule has 0 radical (unpaired) electrons. The molecule has 104 valence electrons. The molecule has 0 bridgehead atoms. The van der Waals surface area contributed by atoms with Crippen molar-refractivity contribution in [2.45, 2.75) is 31.9 Å². The van der Waals surface area contributed by atoms with Gasteiger partial charge in [0.05, 0.1) is 12.2 Å². The van der Waals surface area contributed by atoms with Crippen LogP contribution in [0.3, 0.4) is 0 Å². The van der Waals surface area contributed by atoms with Gasteiger partial charge in [-0.05, 0) is 26.3 Å². The maximum Gasteiger partial charge on any atom is 0.247 e. The number of carbonyl (C=O) groups is 1. The second-order valence-electron chi connectivity index (χ2n) is 5.90. The molecule has 1 atom stereocenters. The summed E-state index contributed by atoms with van der Waals surface area (Å²) in [6, 6.07) is 9.50. The first-order valence-corrected chi connectivity index (χ1v) is 6.61. The van der Waals surface area contributed by atoms with Crippen molar-refractivity contribution >= 4 is 5.91 Å². The third-order valence-corrected chi connectivity index (χ3v) is 3.53. The third kappa shape index (κ3) is 2.96. The third-order valence-electron chi connectivity index (χ3n) is 3.53. The SMILES string of the molecule is CC1(C)CN(C(=O)[C@@](C)(N)c2ccccc2)CCO1. The number of nitrogens with zero attached hydrogens (tertiary/aromatic N) is 1. The van der Waals surface area contributed by atoms with Crippen molar-refractivity contribution in [1.29, 1.82) is 0 Å². The number of rotatable bonds is 2. The van der Waals surface area contributed by atoms with Crippen LogP contribution in [-0.4, -0.2) is 36.1 Å². The van der Waals surface area contributed by atoms with Crippen LogP contribution < -0.4 is 5.73 Å². The second kappa shape index (κ2) is 4.94. The predicted octanol–water partition coefficient (Wildman–Crippen LogP) is 1.50. The number of nitrogens with two attached hydrogens (primary N) is 1. The molecule has 2 rings (SSSR count). The molecule has 1 aromatic carbocycles. The average molecular weight is 262 g/mol. The van der Waals surface area contributed by atoms with E-state index in [9.17, 15) is 4.79 Å². The van der Waals surface area contributed by atoms with Crippen LogP contribution in [0.4, 0.5) is 0 Å². The minimum absolute atomic E-state index is 0.0462. The molecule has 0 aromatic heterocycles. The largest absolute Gasteiger partial charge is 0.372 e. The molecule has 1 aliphatic heterocycles. The molecule has 0 spiro atoms. The van der Waals surface area contributed by atoms with Gasteiger partial charge in [-0.1, -0.05) is 30.3 Å². The van der Waals surface area contributed by atoms with Gasteiger partial charge in [0.2, 0.25) is 5.91 Å². The molecule has 4 heteroatoms. The molecule has 1 fully saturated rings. The van der Waals surface area contributed by atoms with E-state index in [0.29, 0.717) is 19.7 Å². The zero-order valence-electron chi connectivity index (χ0n) is 11.8. The van der Waals surface area contributed by atoms with E-state index in [4.69, 9.17) is 10.5 Å². The summed E-state index contributed by atoms with van der Waals surface area (Å²) in [6.07, 6.45) is 0. The lowest BCUT2D eigenvalue weighted by Crippen LogP contribution is -2.58. The molecule has 0 aliphatic carbocycles. The summed E-state index contributed by atoms with van der Waals surface area (Å²) < 4.78 is 5.63. The van der Waals surface area contributed by atoms with Crippen LogP contribution in [0.25, 0.3) is 0 Å². The number of hydrogen-bond donors (Lipinski definition) is 1. The number of ether oxygens (including phenoxy) is 1. The smallest absolute Gasteiger partial charge is 0.247 e. The van der Waals surface area contributed by atoms with Crippen molar-refractivity contribution in [1.82, 2.24) is 4.90 Å². The van der Waals surface area contributed by atoms with E-state index in [0.717, 1.165) is 5.56 Å². The summed E-state index contributed by atoms with van der Waals surface area (Å²) >= 11 is 0. The van der Waals surface area contributed by atoms with E-state index in [1.54, 1.807) is 11.8 Å². The first kappa shape index (κ1) is 14.0. The minimum atomic E-state index is -0.991. The highest BCUT2D eigenvalue weighted by molar-refractivity contribution is 5.87. The molecule has 0 saturated carbocycles. The molecule has 1 aliphatic rings. The van der Waals surface area contributed by atoms with Gasteiger partial charge < -0.3 is 15.4 Å². The molecule has 4 nitrogen and oxygen atoms in total. The van der Waals surface area contributed by atoms with Gasteiger partial charge in [0.15, 0.2) is 0 Å². The summed E-state index contributed by atoms with van der Waals surface area (Å²) in [4.78, 5) is 14.5. The molecule has 1 aromatic rings. The van der Waals surface area contributed by atoms with Gasteiger partial charge in [0.25, 0.3) is 0 Å².